The molecule has 0 saturated carbocycles. The van der Waals surface area contributed by atoms with Gasteiger partial charge in [0, 0.05) is 10.7 Å². The third-order valence-electron chi connectivity index (χ3n) is 2.08. The zero-order valence-corrected chi connectivity index (χ0v) is 10.2. The monoisotopic (exact) mass is 294 g/mol. The summed E-state index contributed by atoms with van der Waals surface area (Å²) in [6.07, 6.45) is 1.54. The summed E-state index contributed by atoms with van der Waals surface area (Å²) in [5, 5.41) is 2.52. The Morgan fingerprint density at radius 3 is 2.76 bits per heavy atom. The molecule has 2 rings (SSSR count). The molecule has 0 aliphatic carbocycles. The zero-order valence-electron chi connectivity index (χ0n) is 8.65. The molecule has 5 heteroatoms. The van der Waals surface area contributed by atoms with Crippen molar-refractivity contribution in [2.75, 3.05) is 5.32 Å². The van der Waals surface area contributed by atoms with Gasteiger partial charge in [0.15, 0.2) is 0 Å². The van der Waals surface area contributed by atoms with Gasteiger partial charge in [-0.2, -0.15) is 0 Å². The first-order valence-corrected chi connectivity index (χ1v) is 5.63. The molecule has 86 valence electrons. The maximum absolute atomic E-state index is 13.3. The number of hydrogen-bond donors (Lipinski definition) is 1. The minimum atomic E-state index is -0.556. The van der Waals surface area contributed by atoms with Crippen molar-refractivity contribution in [3.05, 3.63) is 58.4 Å². The number of pyridine rings is 1. The summed E-state index contributed by atoms with van der Waals surface area (Å²) in [4.78, 5) is 15.7. The summed E-state index contributed by atoms with van der Waals surface area (Å²) in [6.45, 7) is 0. The average Bonchev–Trinajstić information content (AvgIpc) is 2.29. The van der Waals surface area contributed by atoms with Gasteiger partial charge in [-0.15, -0.1) is 0 Å². The van der Waals surface area contributed by atoms with Crippen LogP contribution in [0, 0.1) is 5.82 Å². The maximum Gasteiger partial charge on any atom is 0.259 e. The van der Waals surface area contributed by atoms with E-state index in [4.69, 9.17) is 0 Å². The fourth-order valence-corrected chi connectivity index (χ4v) is 1.64. The van der Waals surface area contributed by atoms with Gasteiger partial charge in [-0.25, -0.2) is 9.37 Å². The molecule has 0 spiro atoms. The summed E-state index contributed by atoms with van der Waals surface area (Å²) >= 11 is 3.26. The minimum absolute atomic E-state index is 0.00530. The van der Waals surface area contributed by atoms with Crippen LogP contribution in [0.3, 0.4) is 0 Å². The predicted molar refractivity (Wildman–Crippen MR) is 66.3 cm³/mol. The number of halogens is 2. The van der Waals surface area contributed by atoms with Gasteiger partial charge in [0.05, 0.1) is 5.56 Å². The van der Waals surface area contributed by atoms with Crippen molar-refractivity contribution in [3.8, 4) is 0 Å². The van der Waals surface area contributed by atoms with Crippen LogP contribution in [0.15, 0.2) is 47.1 Å². The number of carbonyl (C=O) groups is 1. The second kappa shape index (κ2) is 5.05. The van der Waals surface area contributed by atoms with Crippen LogP contribution in [0.4, 0.5) is 10.2 Å². The molecule has 1 amide bonds. The molecule has 0 aliphatic heterocycles. The molecule has 17 heavy (non-hydrogen) atoms. The molecule has 2 aromatic rings. The largest absolute Gasteiger partial charge is 0.306 e. The highest BCUT2D eigenvalue weighted by Gasteiger charge is 2.11. The Morgan fingerprint density at radius 2 is 2.06 bits per heavy atom. The molecule has 1 aromatic heterocycles. The van der Waals surface area contributed by atoms with Gasteiger partial charge in [-0.05, 0) is 24.3 Å². The van der Waals surface area contributed by atoms with Gasteiger partial charge in [0.25, 0.3) is 5.91 Å². The minimum Gasteiger partial charge on any atom is -0.306 e. The van der Waals surface area contributed by atoms with E-state index >= 15 is 0 Å². The molecular weight excluding hydrogens is 287 g/mol. The van der Waals surface area contributed by atoms with Crippen molar-refractivity contribution in [3.63, 3.8) is 0 Å². The smallest absolute Gasteiger partial charge is 0.259 e. The number of carbonyl (C=O) groups excluding carboxylic acids is 1. The van der Waals surface area contributed by atoms with Crippen LogP contribution in [-0.4, -0.2) is 10.9 Å². The summed E-state index contributed by atoms with van der Waals surface area (Å²) in [7, 11) is 0. The van der Waals surface area contributed by atoms with Crippen LogP contribution >= 0.6 is 15.9 Å². The van der Waals surface area contributed by atoms with Crippen molar-refractivity contribution in [2.45, 2.75) is 0 Å². The number of anilines is 1. The zero-order chi connectivity index (χ0) is 12.3. The molecule has 1 aromatic carbocycles. The Kier molecular flexibility index (Phi) is 3.49. The fourth-order valence-electron chi connectivity index (χ4n) is 1.30. The first-order chi connectivity index (χ1) is 8.16. The molecule has 0 radical (unpaired) electrons. The van der Waals surface area contributed by atoms with Crippen LogP contribution in [0.1, 0.15) is 10.4 Å². The second-order valence-corrected chi connectivity index (χ2v) is 4.21. The first kappa shape index (κ1) is 11.7. The third-order valence-corrected chi connectivity index (χ3v) is 2.58. The van der Waals surface area contributed by atoms with Crippen molar-refractivity contribution in [2.24, 2.45) is 0 Å². The molecule has 0 unspecified atom stereocenters. The Bertz CT molecular complexity index is 560. The lowest BCUT2D eigenvalue weighted by Gasteiger charge is -2.05. The number of hydrogen-bond acceptors (Lipinski definition) is 2. The molecule has 3 nitrogen and oxygen atoms in total. The number of rotatable bonds is 2. The third kappa shape index (κ3) is 2.88. The normalized spacial score (nSPS) is 10.0. The van der Waals surface area contributed by atoms with Gasteiger partial charge in [0.2, 0.25) is 0 Å². The van der Waals surface area contributed by atoms with Crippen molar-refractivity contribution in [1.29, 1.82) is 0 Å². The molecule has 1 heterocycles. The molecule has 0 saturated heterocycles. The second-order valence-electron chi connectivity index (χ2n) is 3.29. The van der Waals surface area contributed by atoms with Crippen molar-refractivity contribution < 1.29 is 9.18 Å². The highest BCUT2D eigenvalue weighted by atomic mass is 79.9. The fraction of sp³-hybridized carbons (Fsp3) is 0. The first-order valence-electron chi connectivity index (χ1n) is 4.84. The van der Waals surface area contributed by atoms with Gasteiger partial charge in [-0.1, -0.05) is 28.1 Å². The number of nitrogens with one attached hydrogen (secondary N) is 1. The summed E-state index contributed by atoms with van der Waals surface area (Å²) in [5.74, 6) is -0.707. The van der Waals surface area contributed by atoms with E-state index in [1.807, 2.05) is 0 Å². The van der Waals surface area contributed by atoms with E-state index in [1.165, 1.54) is 18.2 Å². The van der Waals surface area contributed by atoms with Gasteiger partial charge < -0.3 is 5.32 Å². The Hall–Kier alpha value is -1.75. The number of nitrogens with zero attached hydrogens (tertiary/aromatic N) is 1. The SMILES string of the molecule is O=C(Nc1cc(Br)ccn1)c1ccccc1F. The van der Waals surface area contributed by atoms with E-state index in [-0.39, 0.29) is 5.56 Å². The number of aromatic nitrogens is 1. The Labute approximate surface area is 106 Å². The van der Waals surface area contributed by atoms with Crippen LogP contribution in [-0.2, 0) is 0 Å². The number of amides is 1. The topological polar surface area (TPSA) is 42.0 Å². The van der Waals surface area contributed by atoms with E-state index in [9.17, 15) is 9.18 Å². The molecule has 0 fully saturated rings. The lowest BCUT2D eigenvalue weighted by atomic mass is 10.2. The van der Waals surface area contributed by atoms with Crippen molar-refractivity contribution in [1.82, 2.24) is 4.98 Å². The quantitative estimate of drug-likeness (QED) is 0.924. The molecule has 1 N–H and O–H groups in total. The van der Waals surface area contributed by atoms with E-state index in [2.05, 4.69) is 26.2 Å². The van der Waals surface area contributed by atoms with Crippen LogP contribution in [0.25, 0.3) is 0 Å². The molecule has 0 aliphatic rings. The van der Waals surface area contributed by atoms with E-state index in [0.717, 1.165) is 4.47 Å². The van der Waals surface area contributed by atoms with E-state index < -0.39 is 11.7 Å². The standard InChI is InChI=1S/C12H8BrFN2O/c13-8-5-6-15-11(7-8)16-12(17)9-3-1-2-4-10(9)14/h1-7H,(H,15,16,17). The highest BCUT2D eigenvalue weighted by Crippen LogP contribution is 2.14. The summed E-state index contributed by atoms with van der Waals surface area (Å²) < 4.78 is 14.1. The lowest BCUT2D eigenvalue weighted by Crippen LogP contribution is -2.14. The average molecular weight is 295 g/mol. The predicted octanol–water partition coefficient (Wildman–Crippen LogP) is 3.24. The Balaban J connectivity index is 2.20. The summed E-state index contributed by atoms with van der Waals surface area (Å²) in [6, 6.07) is 9.17. The van der Waals surface area contributed by atoms with Gasteiger partial charge in [0.1, 0.15) is 11.6 Å². The highest BCUT2D eigenvalue weighted by molar-refractivity contribution is 9.10. The molecule has 0 atom stereocenters. The summed E-state index contributed by atoms with van der Waals surface area (Å²) in [5.41, 5.74) is -0.00530. The molecular formula is C12H8BrFN2O. The number of benzene rings is 1. The van der Waals surface area contributed by atoms with Crippen LogP contribution < -0.4 is 5.32 Å². The van der Waals surface area contributed by atoms with Crippen molar-refractivity contribution >= 4 is 27.7 Å². The van der Waals surface area contributed by atoms with Gasteiger partial charge >= 0.3 is 0 Å². The van der Waals surface area contributed by atoms with Gasteiger partial charge in [-0.3, -0.25) is 4.79 Å². The lowest BCUT2D eigenvalue weighted by molar-refractivity contribution is 0.102. The Morgan fingerprint density at radius 1 is 1.29 bits per heavy atom. The van der Waals surface area contributed by atoms with E-state index in [0.29, 0.717) is 5.82 Å². The van der Waals surface area contributed by atoms with Crippen LogP contribution in [0.5, 0.6) is 0 Å². The molecule has 0 bridgehead atoms. The van der Waals surface area contributed by atoms with Crippen LogP contribution in [0.2, 0.25) is 0 Å². The van der Waals surface area contributed by atoms with E-state index in [1.54, 1.807) is 24.4 Å². The maximum atomic E-state index is 13.3.